The maximum absolute atomic E-state index is 13.2. The van der Waals surface area contributed by atoms with Gasteiger partial charge in [0.25, 0.3) is 5.91 Å². The first kappa shape index (κ1) is 18.9. The second kappa shape index (κ2) is 7.53. The molecule has 28 heavy (non-hydrogen) atoms. The van der Waals surface area contributed by atoms with Crippen LogP contribution in [0.25, 0.3) is 0 Å². The quantitative estimate of drug-likeness (QED) is 0.819. The largest absolute Gasteiger partial charge is 0.337 e. The summed E-state index contributed by atoms with van der Waals surface area (Å²) in [5.41, 5.74) is 2.77. The molecule has 1 atom stereocenters. The maximum Gasteiger partial charge on any atom is 0.274 e. The van der Waals surface area contributed by atoms with Crippen LogP contribution in [0.5, 0.6) is 0 Å². The molecule has 3 heterocycles. The Morgan fingerprint density at radius 1 is 1.39 bits per heavy atom. The number of nitriles is 1. The molecule has 1 N–H and O–H groups in total. The first-order valence-corrected chi connectivity index (χ1v) is 10.6. The van der Waals surface area contributed by atoms with Crippen LogP contribution in [-0.4, -0.2) is 27.5 Å². The molecule has 8 heteroatoms. The molecule has 6 nitrogen and oxygen atoms in total. The number of hydrogen-bond donors (Lipinski definition) is 1. The Balaban J connectivity index is 1.82. The van der Waals surface area contributed by atoms with Gasteiger partial charge in [0.2, 0.25) is 5.91 Å². The number of nitrogens with zero attached hydrogens (tertiary/aromatic N) is 3. The Labute approximate surface area is 172 Å². The van der Waals surface area contributed by atoms with Crippen LogP contribution in [-0.2, 0) is 17.8 Å². The third-order valence-electron chi connectivity index (χ3n) is 5.12. The fourth-order valence-electron chi connectivity index (χ4n) is 3.91. The average molecular weight is 415 g/mol. The Morgan fingerprint density at radius 3 is 2.82 bits per heavy atom. The molecule has 4 rings (SSSR count). The molecule has 144 valence electrons. The number of aromatic nitrogens is 1. The fourth-order valence-corrected chi connectivity index (χ4v) is 5.12. The molecule has 1 saturated heterocycles. The van der Waals surface area contributed by atoms with Crippen molar-refractivity contribution in [2.75, 3.05) is 16.0 Å². The number of nitrogens with one attached hydrogen (secondary N) is 1. The summed E-state index contributed by atoms with van der Waals surface area (Å²) in [6.07, 6.45) is 2.36. The van der Waals surface area contributed by atoms with Gasteiger partial charge in [-0.25, -0.2) is 0 Å². The Hall–Kier alpha value is -2.43. The number of carbonyl (C=O) groups excluding carboxylic acids is 2. The van der Waals surface area contributed by atoms with Gasteiger partial charge in [-0.3, -0.25) is 14.5 Å². The molecule has 1 aromatic carbocycles. The lowest BCUT2D eigenvalue weighted by Gasteiger charge is -2.24. The summed E-state index contributed by atoms with van der Waals surface area (Å²) in [7, 11) is 0. The first-order valence-electron chi connectivity index (χ1n) is 9.21. The third kappa shape index (κ3) is 3.07. The van der Waals surface area contributed by atoms with Crippen LogP contribution in [0.3, 0.4) is 0 Å². The molecule has 1 fully saturated rings. The number of amides is 2. The monoisotopic (exact) mass is 414 g/mol. The molecule has 0 aliphatic carbocycles. The van der Waals surface area contributed by atoms with Gasteiger partial charge in [0.05, 0.1) is 22.4 Å². The van der Waals surface area contributed by atoms with E-state index >= 15 is 0 Å². The smallest absolute Gasteiger partial charge is 0.274 e. The number of fused-ring (bicyclic) bond motifs is 1. The van der Waals surface area contributed by atoms with E-state index in [0.29, 0.717) is 40.0 Å². The van der Waals surface area contributed by atoms with E-state index in [4.69, 9.17) is 11.6 Å². The summed E-state index contributed by atoms with van der Waals surface area (Å²) in [5, 5.41) is 13.3. The number of anilines is 2. The molecule has 0 spiro atoms. The van der Waals surface area contributed by atoms with Gasteiger partial charge in [0, 0.05) is 22.9 Å². The zero-order chi connectivity index (χ0) is 19.8. The van der Waals surface area contributed by atoms with E-state index in [0.717, 1.165) is 25.0 Å². The minimum atomic E-state index is -0.318. The highest BCUT2D eigenvalue weighted by Gasteiger charge is 2.40. The Bertz CT molecular complexity index is 993. The van der Waals surface area contributed by atoms with Gasteiger partial charge in [-0.05, 0) is 43.5 Å². The van der Waals surface area contributed by atoms with Crippen molar-refractivity contribution >= 4 is 46.6 Å². The molecule has 0 radical (unpaired) electrons. The highest BCUT2D eigenvalue weighted by Crippen LogP contribution is 2.41. The minimum Gasteiger partial charge on any atom is -0.337 e. The zero-order valence-electron chi connectivity index (χ0n) is 15.4. The summed E-state index contributed by atoms with van der Waals surface area (Å²) in [6.45, 7) is 2.67. The van der Waals surface area contributed by atoms with Crippen LogP contribution in [0.15, 0.2) is 24.3 Å². The van der Waals surface area contributed by atoms with E-state index in [2.05, 4.69) is 11.4 Å². The van der Waals surface area contributed by atoms with Crippen molar-refractivity contribution in [2.24, 2.45) is 0 Å². The molecule has 2 aliphatic rings. The zero-order valence-corrected chi connectivity index (χ0v) is 16.9. The van der Waals surface area contributed by atoms with E-state index in [1.807, 2.05) is 11.5 Å². The summed E-state index contributed by atoms with van der Waals surface area (Å²) in [5.74, 6) is -0.0121. The lowest BCUT2D eigenvalue weighted by molar-refractivity contribution is -0.115. The molecule has 1 unspecified atom stereocenters. The summed E-state index contributed by atoms with van der Waals surface area (Å²) < 4.78 is 1.90. The molecule has 0 bridgehead atoms. The van der Waals surface area contributed by atoms with Crippen molar-refractivity contribution < 1.29 is 9.59 Å². The van der Waals surface area contributed by atoms with Crippen molar-refractivity contribution in [1.82, 2.24) is 4.57 Å². The number of benzene rings is 1. The summed E-state index contributed by atoms with van der Waals surface area (Å²) in [4.78, 5) is 27.6. The van der Waals surface area contributed by atoms with Crippen LogP contribution >= 0.6 is 23.4 Å². The summed E-state index contributed by atoms with van der Waals surface area (Å²) >= 11 is 7.47. The van der Waals surface area contributed by atoms with Crippen molar-refractivity contribution in [3.05, 3.63) is 46.2 Å². The van der Waals surface area contributed by atoms with Crippen LogP contribution in [0.1, 0.15) is 41.5 Å². The van der Waals surface area contributed by atoms with Crippen LogP contribution in [0.4, 0.5) is 11.4 Å². The predicted molar refractivity (Wildman–Crippen MR) is 111 cm³/mol. The fraction of sp³-hybridized carbons (Fsp3) is 0.350. The number of carbonyl (C=O) groups is 2. The lowest BCUT2D eigenvalue weighted by atomic mass is 10.1. The average Bonchev–Trinajstić information content (AvgIpc) is 3.36. The van der Waals surface area contributed by atoms with Crippen molar-refractivity contribution in [1.29, 1.82) is 5.26 Å². The van der Waals surface area contributed by atoms with Gasteiger partial charge in [0.15, 0.2) is 0 Å². The normalized spacial score (nSPS) is 18.2. The van der Waals surface area contributed by atoms with E-state index in [-0.39, 0.29) is 17.2 Å². The molecule has 0 saturated carbocycles. The second-order valence-corrected chi connectivity index (χ2v) is 8.39. The predicted octanol–water partition coefficient (Wildman–Crippen LogP) is 4.03. The van der Waals surface area contributed by atoms with E-state index in [1.54, 1.807) is 40.9 Å². The highest BCUT2D eigenvalue weighted by molar-refractivity contribution is 8.01. The van der Waals surface area contributed by atoms with E-state index < -0.39 is 0 Å². The van der Waals surface area contributed by atoms with Gasteiger partial charge < -0.3 is 9.88 Å². The Morgan fingerprint density at radius 2 is 2.14 bits per heavy atom. The van der Waals surface area contributed by atoms with Gasteiger partial charge in [-0.1, -0.05) is 18.5 Å². The van der Waals surface area contributed by atoms with Crippen LogP contribution in [0.2, 0.25) is 5.02 Å². The third-order valence-corrected chi connectivity index (χ3v) is 6.71. The van der Waals surface area contributed by atoms with Crippen molar-refractivity contribution in [2.45, 2.75) is 38.1 Å². The van der Waals surface area contributed by atoms with Crippen molar-refractivity contribution in [3.8, 4) is 6.07 Å². The van der Waals surface area contributed by atoms with Gasteiger partial charge in [-0.15, -0.1) is 11.8 Å². The molecular formula is C20H19ClN4O2S. The molecule has 2 aliphatic heterocycles. The molecule has 2 amide bonds. The Kier molecular flexibility index (Phi) is 5.09. The van der Waals surface area contributed by atoms with Gasteiger partial charge >= 0.3 is 0 Å². The summed E-state index contributed by atoms with van der Waals surface area (Å²) in [6, 6.07) is 9.12. The van der Waals surface area contributed by atoms with Crippen LogP contribution < -0.4 is 10.2 Å². The molecular weight excluding hydrogens is 396 g/mol. The highest BCUT2D eigenvalue weighted by atomic mass is 35.5. The number of rotatable bonds is 4. The van der Waals surface area contributed by atoms with Crippen LogP contribution in [0, 0.1) is 11.3 Å². The number of hydrogen-bond acceptors (Lipinski definition) is 4. The maximum atomic E-state index is 13.2. The van der Waals surface area contributed by atoms with Gasteiger partial charge in [0.1, 0.15) is 11.8 Å². The van der Waals surface area contributed by atoms with Crippen molar-refractivity contribution in [3.63, 3.8) is 0 Å². The SMILES string of the molecule is CCC1SCC(=O)N1c1c(C#N)c2n(c1C(=O)Nc1ccc(Cl)cc1)CCC2. The van der Waals surface area contributed by atoms with E-state index in [1.165, 1.54) is 0 Å². The van der Waals surface area contributed by atoms with Gasteiger partial charge in [-0.2, -0.15) is 5.26 Å². The second-order valence-electron chi connectivity index (χ2n) is 6.78. The first-order chi connectivity index (χ1) is 13.5. The molecule has 1 aromatic heterocycles. The topological polar surface area (TPSA) is 78.1 Å². The number of thioether (sulfide) groups is 1. The standard InChI is InChI=1S/C20H19ClN4O2S/c1-2-17-25(16(26)11-28-17)18-14(10-22)15-4-3-9-24(15)19(18)20(27)23-13-7-5-12(21)6-8-13/h5-8,17H,2-4,9,11H2,1H3,(H,23,27). The molecule has 2 aromatic rings. The minimum absolute atomic E-state index is 0.0573. The number of halogens is 1. The van der Waals surface area contributed by atoms with E-state index in [9.17, 15) is 14.9 Å². The lowest BCUT2D eigenvalue weighted by Crippen LogP contribution is -2.34.